The van der Waals surface area contributed by atoms with Crippen molar-refractivity contribution >= 4 is 28.5 Å². The van der Waals surface area contributed by atoms with E-state index in [1.165, 1.54) is 16.2 Å². The molecule has 7 heteroatoms. The number of urea groups is 1. The number of aromatic nitrogens is 1. The van der Waals surface area contributed by atoms with Gasteiger partial charge in [-0.05, 0) is 19.3 Å². The summed E-state index contributed by atoms with van der Waals surface area (Å²) >= 11 is 1.44. The van der Waals surface area contributed by atoms with Crippen LogP contribution in [0.25, 0.3) is 0 Å². The first-order chi connectivity index (χ1) is 9.10. The van der Waals surface area contributed by atoms with Crippen LogP contribution in [0.5, 0.6) is 0 Å². The van der Waals surface area contributed by atoms with Gasteiger partial charge in [-0.1, -0.05) is 5.92 Å². The number of terminal acetylenes is 1. The standard InChI is InChI=1S/C12H13N3O3S/c1-2-6-15(7-10(16)17)12(18)14-11-13-8-4-3-5-9(8)19-11/h1H,3-7H2,(H,16,17)(H,13,14,18). The van der Waals surface area contributed by atoms with Gasteiger partial charge in [-0.25, -0.2) is 9.78 Å². The van der Waals surface area contributed by atoms with Crippen molar-refractivity contribution in [3.05, 3.63) is 10.6 Å². The van der Waals surface area contributed by atoms with Gasteiger partial charge >= 0.3 is 12.0 Å². The Bertz CT molecular complexity index is 525. The second-order valence-corrected chi connectivity index (χ2v) is 5.21. The molecule has 0 saturated heterocycles. The number of hydrogen-bond donors (Lipinski definition) is 2. The highest BCUT2D eigenvalue weighted by Gasteiger charge is 2.20. The van der Waals surface area contributed by atoms with E-state index in [2.05, 4.69) is 16.2 Å². The van der Waals surface area contributed by atoms with Crippen molar-refractivity contribution in [3.8, 4) is 12.3 Å². The molecular formula is C12H13N3O3S. The lowest BCUT2D eigenvalue weighted by molar-refractivity contribution is -0.137. The second-order valence-electron chi connectivity index (χ2n) is 4.13. The molecule has 1 aliphatic carbocycles. The number of hydrogen-bond acceptors (Lipinski definition) is 4. The predicted octanol–water partition coefficient (Wildman–Crippen LogP) is 1.18. The fourth-order valence-corrected chi connectivity index (χ4v) is 2.93. The molecule has 0 fully saturated rings. The Morgan fingerprint density at radius 2 is 2.32 bits per heavy atom. The molecule has 1 aliphatic rings. The average Bonchev–Trinajstić information content (AvgIpc) is 2.88. The number of carboxylic acids is 1. The lowest BCUT2D eigenvalue weighted by Crippen LogP contribution is -2.39. The molecule has 2 N–H and O–H groups in total. The third-order valence-electron chi connectivity index (χ3n) is 2.71. The molecular weight excluding hydrogens is 266 g/mol. The topological polar surface area (TPSA) is 82.5 Å². The Hall–Kier alpha value is -2.07. The first-order valence-electron chi connectivity index (χ1n) is 5.80. The maximum Gasteiger partial charge on any atom is 0.324 e. The highest BCUT2D eigenvalue weighted by atomic mass is 32.1. The van der Waals surface area contributed by atoms with E-state index in [9.17, 15) is 9.59 Å². The minimum absolute atomic E-state index is 0.0524. The number of carbonyl (C=O) groups is 2. The number of fused-ring (bicyclic) bond motifs is 1. The lowest BCUT2D eigenvalue weighted by atomic mass is 10.4. The van der Waals surface area contributed by atoms with Gasteiger partial charge in [0.2, 0.25) is 0 Å². The number of thiazole rings is 1. The molecule has 0 atom stereocenters. The van der Waals surface area contributed by atoms with Crippen LogP contribution in [0, 0.1) is 12.3 Å². The van der Waals surface area contributed by atoms with Gasteiger partial charge in [-0.15, -0.1) is 17.8 Å². The summed E-state index contributed by atoms with van der Waals surface area (Å²) in [6.45, 7) is -0.482. The minimum Gasteiger partial charge on any atom is -0.480 e. The van der Waals surface area contributed by atoms with Gasteiger partial charge in [0.1, 0.15) is 6.54 Å². The zero-order valence-corrected chi connectivity index (χ0v) is 11.0. The van der Waals surface area contributed by atoms with Crippen molar-refractivity contribution in [2.75, 3.05) is 18.4 Å². The zero-order valence-electron chi connectivity index (χ0n) is 10.2. The fraction of sp³-hybridized carbons (Fsp3) is 0.417. The van der Waals surface area contributed by atoms with Gasteiger partial charge in [-0.3, -0.25) is 10.1 Å². The Balaban J connectivity index is 2.01. The number of aliphatic carboxylic acids is 1. The largest absolute Gasteiger partial charge is 0.480 e. The average molecular weight is 279 g/mol. The summed E-state index contributed by atoms with van der Waals surface area (Å²) in [5.41, 5.74) is 1.03. The van der Waals surface area contributed by atoms with Gasteiger partial charge < -0.3 is 10.0 Å². The molecule has 0 unspecified atom stereocenters. The molecule has 2 rings (SSSR count). The quantitative estimate of drug-likeness (QED) is 0.811. The van der Waals surface area contributed by atoms with Crippen LogP contribution in [-0.2, 0) is 17.6 Å². The van der Waals surface area contributed by atoms with Gasteiger partial charge in [-0.2, -0.15) is 0 Å². The van der Waals surface area contributed by atoms with Crippen LogP contribution in [0.1, 0.15) is 17.0 Å². The number of nitrogens with one attached hydrogen (secondary N) is 1. The van der Waals surface area contributed by atoms with Crippen molar-refractivity contribution in [1.29, 1.82) is 0 Å². The van der Waals surface area contributed by atoms with E-state index in [1.54, 1.807) is 0 Å². The summed E-state index contributed by atoms with van der Waals surface area (Å²) in [6.07, 6.45) is 8.15. The van der Waals surface area contributed by atoms with Crippen LogP contribution in [0.2, 0.25) is 0 Å². The van der Waals surface area contributed by atoms with Gasteiger partial charge in [0.25, 0.3) is 0 Å². The molecule has 0 aliphatic heterocycles. The number of carboxylic acid groups (broad SMARTS) is 1. The van der Waals surface area contributed by atoms with E-state index in [-0.39, 0.29) is 6.54 Å². The van der Waals surface area contributed by atoms with Gasteiger partial charge in [0, 0.05) is 4.88 Å². The second kappa shape index (κ2) is 5.71. The summed E-state index contributed by atoms with van der Waals surface area (Å²) < 4.78 is 0. The van der Waals surface area contributed by atoms with Crippen molar-refractivity contribution < 1.29 is 14.7 Å². The molecule has 0 spiro atoms. The van der Waals surface area contributed by atoms with Crippen LogP contribution in [0.3, 0.4) is 0 Å². The van der Waals surface area contributed by atoms with Crippen molar-refractivity contribution in [1.82, 2.24) is 9.88 Å². The number of nitrogens with zero attached hydrogens (tertiary/aromatic N) is 2. The predicted molar refractivity (Wildman–Crippen MR) is 71.2 cm³/mol. The van der Waals surface area contributed by atoms with E-state index < -0.39 is 18.5 Å². The summed E-state index contributed by atoms with van der Waals surface area (Å²) in [4.78, 5) is 29.1. The number of aryl methyl sites for hydroxylation is 2. The lowest BCUT2D eigenvalue weighted by Gasteiger charge is -2.17. The highest BCUT2D eigenvalue weighted by molar-refractivity contribution is 7.15. The van der Waals surface area contributed by atoms with Crippen LogP contribution in [0.4, 0.5) is 9.93 Å². The minimum atomic E-state index is -1.10. The van der Waals surface area contributed by atoms with E-state index in [4.69, 9.17) is 11.5 Å². The summed E-state index contributed by atoms with van der Waals surface area (Å²) in [6, 6.07) is -0.534. The summed E-state index contributed by atoms with van der Waals surface area (Å²) in [7, 11) is 0. The molecule has 1 heterocycles. The normalized spacial score (nSPS) is 12.6. The third-order valence-corrected chi connectivity index (χ3v) is 3.78. The zero-order chi connectivity index (χ0) is 13.8. The Labute approximate surface area is 114 Å². The number of anilines is 1. The van der Waals surface area contributed by atoms with E-state index >= 15 is 0 Å². The van der Waals surface area contributed by atoms with Gasteiger partial charge in [0.15, 0.2) is 5.13 Å². The molecule has 1 aromatic heterocycles. The van der Waals surface area contributed by atoms with Gasteiger partial charge in [0.05, 0.1) is 12.2 Å². The molecule has 0 bridgehead atoms. The van der Waals surface area contributed by atoms with Crippen molar-refractivity contribution in [2.24, 2.45) is 0 Å². The van der Waals surface area contributed by atoms with Crippen molar-refractivity contribution in [3.63, 3.8) is 0 Å². The molecule has 0 radical (unpaired) electrons. The van der Waals surface area contributed by atoms with Crippen LogP contribution in [0.15, 0.2) is 0 Å². The van der Waals surface area contributed by atoms with E-state index in [1.807, 2.05) is 0 Å². The fourth-order valence-electron chi connectivity index (χ4n) is 1.89. The molecule has 19 heavy (non-hydrogen) atoms. The van der Waals surface area contributed by atoms with Crippen LogP contribution in [-0.4, -0.2) is 40.1 Å². The highest BCUT2D eigenvalue weighted by Crippen LogP contribution is 2.30. The Kier molecular flexibility index (Phi) is 4.02. The first kappa shape index (κ1) is 13.4. The van der Waals surface area contributed by atoms with Crippen LogP contribution >= 0.6 is 11.3 Å². The van der Waals surface area contributed by atoms with Crippen LogP contribution < -0.4 is 5.32 Å². The molecule has 6 nitrogen and oxygen atoms in total. The summed E-state index contributed by atoms with van der Waals surface area (Å²) in [5.74, 6) is 1.16. The summed E-state index contributed by atoms with van der Waals surface area (Å²) in [5, 5.41) is 11.8. The SMILES string of the molecule is C#CCN(CC(=O)O)C(=O)Nc1nc2c(s1)CCC2. The smallest absolute Gasteiger partial charge is 0.324 e. The molecule has 0 saturated carbocycles. The number of amides is 2. The van der Waals surface area contributed by atoms with Crippen molar-refractivity contribution in [2.45, 2.75) is 19.3 Å². The number of carbonyl (C=O) groups excluding carboxylic acids is 1. The molecule has 100 valence electrons. The molecule has 0 aromatic carbocycles. The molecule has 1 aromatic rings. The number of rotatable bonds is 4. The first-order valence-corrected chi connectivity index (χ1v) is 6.61. The van der Waals surface area contributed by atoms with E-state index in [0.717, 1.165) is 29.9 Å². The van der Waals surface area contributed by atoms with E-state index in [0.29, 0.717) is 5.13 Å². The monoisotopic (exact) mass is 279 g/mol. The molecule has 2 amide bonds. The Morgan fingerprint density at radius 3 is 2.95 bits per heavy atom. The Morgan fingerprint density at radius 1 is 1.53 bits per heavy atom. The maximum atomic E-state index is 11.9. The third kappa shape index (κ3) is 3.23. The maximum absolute atomic E-state index is 11.9.